The van der Waals surface area contributed by atoms with E-state index < -0.39 is 26.5 Å². The summed E-state index contributed by atoms with van der Waals surface area (Å²) in [6.07, 6.45) is 82.1. The van der Waals surface area contributed by atoms with Crippen LogP contribution < -0.4 is 5.73 Å². The summed E-state index contributed by atoms with van der Waals surface area (Å²) in [5.41, 5.74) is 5.40. The van der Waals surface area contributed by atoms with Crippen LogP contribution in [0.1, 0.15) is 348 Å². The number of rotatable bonds is 65. The molecule has 0 heterocycles. The lowest BCUT2D eigenvalue weighted by Gasteiger charge is -2.19. The third-order valence-electron chi connectivity index (χ3n) is 15.2. The van der Waals surface area contributed by atoms with Crippen LogP contribution in [0.15, 0.2) is 48.6 Å². The Labute approximate surface area is 489 Å². The molecule has 3 N–H and O–H groups in total. The summed E-state index contributed by atoms with van der Waals surface area (Å²) in [5, 5.41) is 0. The lowest BCUT2D eigenvalue weighted by Crippen LogP contribution is -2.29. The zero-order valence-electron chi connectivity index (χ0n) is 52.1. The highest BCUT2D eigenvalue weighted by Gasteiger charge is 2.26. The number of hydrogen-bond donors (Lipinski definition) is 2. The van der Waals surface area contributed by atoms with Crippen molar-refractivity contribution < 1.29 is 37.6 Å². The van der Waals surface area contributed by atoms with Crippen LogP contribution in [-0.2, 0) is 32.7 Å². The molecule has 464 valence electrons. The first-order valence-electron chi connectivity index (χ1n) is 34.1. The van der Waals surface area contributed by atoms with Gasteiger partial charge in [0.15, 0.2) is 6.10 Å². The van der Waals surface area contributed by atoms with Crippen molar-refractivity contribution in [2.75, 3.05) is 26.4 Å². The molecular formula is C69H130NO8P. The quantitative estimate of drug-likeness (QED) is 0.0264. The number of ether oxygens (including phenoxy) is 2. The Kier molecular flexibility index (Phi) is 63.5. The standard InChI is InChI=1S/C69H130NO8P/c1-3-5-7-9-11-13-15-17-19-21-23-25-27-28-29-30-31-32-33-34-35-36-37-38-40-41-43-45-47-49-51-53-55-57-59-61-68(71)75-65-67(66-77-79(73,74)76-64-63-70)78-69(72)62-60-58-56-54-52-50-48-46-44-42-39-26-24-22-20-18-16-14-12-10-8-6-4-2/h16,18,21-24,39,42,67H,3-15,17,19-20,25-38,40-41,43-66,70H2,1-2H3,(H,73,74)/b18-16-,23-21-,24-22-,42-39-. The van der Waals surface area contributed by atoms with Crippen LogP contribution in [0.4, 0.5) is 0 Å². The Morgan fingerprint density at radius 1 is 0.380 bits per heavy atom. The van der Waals surface area contributed by atoms with Gasteiger partial charge in [0.05, 0.1) is 13.2 Å². The summed E-state index contributed by atoms with van der Waals surface area (Å²) in [6, 6.07) is 0. The van der Waals surface area contributed by atoms with Gasteiger partial charge >= 0.3 is 19.8 Å². The van der Waals surface area contributed by atoms with E-state index >= 15 is 0 Å². The summed E-state index contributed by atoms with van der Waals surface area (Å²) in [4.78, 5) is 35.3. The van der Waals surface area contributed by atoms with E-state index in [9.17, 15) is 19.0 Å². The van der Waals surface area contributed by atoms with Crippen molar-refractivity contribution in [1.29, 1.82) is 0 Å². The number of phosphoric acid groups is 1. The maximum Gasteiger partial charge on any atom is 0.472 e. The maximum atomic E-state index is 12.7. The fraction of sp³-hybridized carbons (Fsp3) is 0.855. The molecule has 0 aromatic carbocycles. The van der Waals surface area contributed by atoms with Crippen molar-refractivity contribution in [2.45, 2.75) is 354 Å². The molecule has 0 aliphatic rings. The molecule has 79 heavy (non-hydrogen) atoms. The minimum absolute atomic E-state index is 0.0524. The number of esters is 2. The molecule has 0 saturated carbocycles. The van der Waals surface area contributed by atoms with E-state index in [0.29, 0.717) is 6.42 Å². The Morgan fingerprint density at radius 3 is 0.987 bits per heavy atom. The van der Waals surface area contributed by atoms with E-state index in [1.165, 1.54) is 257 Å². The highest BCUT2D eigenvalue weighted by molar-refractivity contribution is 7.47. The van der Waals surface area contributed by atoms with E-state index in [0.717, 1.165) is 57.8 Å². The number of unbranched alkanes of at least 4 members (excludes halogenated alkanes) is 44. The number of hydrogen-bond acceptors (Lipinski definition) is 8. The summed E-state index contributed by atoms with van der Waals surface area (Å²) in [5.74, 6) is -0.821. The zero-order valence-corrected chi connectivity index (χ0v) is 53.0. The van der Waals surface area contributed by atoms with Crippen LogP contribution in [0.5, 0.6) is 0 Å². The molecular weight excluding hydrogens is 1000 g/mol. The Hall–Kier alpha value is -2.03. The molecule has 0 aliphatic heterocycles. The van der Waals surface area contributed by atoms with Crippen molar-refractivity contribution >= 4 is 19.8 Å². The summed E-state index contributed by atoms with van der Waals surface area (Å²) in [6.45, 7) is 3.78. The molecule has 0 saturated heterocycles. The van der Waals surface area contributed by atoms with E-state index in [-0.39, 0.29) is 38.6 Å². The van der Waals surface area contributed by atoms with Crippen LogP contribution in [0.2, 0.25) is 0 Å². The van der Waals surface area contributed by atoms with Gasteiger partial charge in [0.2, 0.25) is 0 Å². The van der Waals surface area contributed by atoms with E-state index in [1.807, 2.05) is 0 Å². The van der Waals surface area contributed by atoms with Crippen LogP contribution >= 0.6 is 7.82 Å². The van der Waals surface area contributed by atoms with Gasteiger partial charge in [-0.2, -0.15) is 0 Å². The van der Waals surface area contributed by atoms with Crippen LogP contribution in [0.25, 0.3) is 0 Å². The fourth-order valence-electron chi connectivity index (χ4n) is 10.1. The van der Waals surface area contributed by atoms with Gasteiger partial charge in [0.25, 0.3) is 0 Å². The van der Waals surface area contributed by atoms with Crippen molar-refractivity contribution in [3.8, 4) is 0 Å². The Balaban J connectivity index is 3.83. The summed E-state index contributed by atoms with van der Waals surface area (Å²) in [7, 11) is -4.39. The molecule has 0 rings (SSSR count). The molecule has 2 unspecified atom stereocenters. The SMILES string of the molecule is CCCCCCC/C=C\C/C=C\C/C=C\CCCCCCCCCCC(=O)OC(COC(=O)CCCCCCCCCCCCCCCCCCCCCCCCC/C=C\CCCCCCCCCC)COP(=O)(O)OCCN. The van der Waals surface area contributed by atoms with Gasteiger partial charge < -0.3 is 20.1 Å². The number of allylic oxidation sites excluding steroid dienone is 8. The molecule has 10 heteroatoms. The molecule has 0 aromatic heterocycles. The van der Waals surface area contributed by atoms with E-state index in [1.54, 1.807) is 0 Å². The first-order chi connectivity index (χ1) is 38.8. The Bertz CT molecular complexity index is 1430. The average molecular weight is 1130 g/mol. The molecule has 0 aliphatic carbocycles. The minimum Gasteiger partial charge on any atom is -0.462 e. The molecule has 9 nitrogen and oxygen atoms in total. The number of carbonyl (C=O) groups excluding carboxylic acids is 2. The third-order valence-corrected chi connectivity index (χ3v) is 16.2. The van der Waals surface area contributed by atoms with Gasteiger partial charge in [-0.1, -0.05) is 306 Å². The van der Waals surface area contributed by atoms with Gasteiger partial charge in [-0.25, -0.2) is 4.57 Å². The van der Waals surface area contributed by atoms with Gasteiger partial charge in [-0.3, -0.25) is 18.6 Å². The molecule has 0 aromatic rings. The number of phosphoric ester groups is 1. The molecule has 0 amide bonds. The van der Waals surface area contributed by atoms with Gasteiger partial charge in [-0.15, -0.1) is 0 Å². The first kappa shape index (κ1) is 77.0. The van der Waals surface area contributed by atoms with Gasteiger partial charge in [-0.05, 0) is 77.0 Å². The zero-order chi connectivity index (χ0) is 57.3. The van der Waals surface area contributed by atoms with Crippen LogP contribution in [0.3, 0.4) is 0 Å². The molecule has 0 fully saturated rings. The third kappa shape index (κ3) is 65.0. The predicted octanol–water partition coefficient (Wildman–Crippen LogP) is 22.1. The number of nitrogens with two attached hydrogens (primary N) is 1. The maximum absolute atomic E-state index is 12.7. The summed E-state index contributed by atoms with van der Waals surface area (Å²) < 4.78 is 33.1. The van der Waals surface area contributed by atoms with Crippen molar-refractivity contribution in [3.63, 3.8) is 0 Å². The monoisotopic (exact) mass is 1130 g/mol. The van der Waals surface area contributed by atoms with Crippen molar-refractivity contribution in [3.05, 3.63) is 48.6 Å². The smallest absolute Gasteiger partial charge is 0.462 e. The van der Waals surface area contributed by atoms with Crippen molar-refractivity contribution in [1.82, 2.24) is 0 Å². The highest BCUT2D eigenvalue weighted by Crippen LogP contribution is 2.43. The van der Waals surface area contributed by atoms with Crippen molar-refractivity contribution in [2.24, 2.45) is 5.73 Å². The molecule has 0 radical (unpaired) electrons. The lowest BCUT2D eigenvalue weighted by molar-refractivity contribution is -0.161. The molecule has 0 spiro atoms. The first-order valence-corrected chi connectivity index (χ1v) is 35.6. The largest absolute Gasteiger partial charge is 0.472 e. The lowest BCUT2D eigenvalue weighted by atomic mass is 10.0. The normalized spacial score (nSPS) is 13.2. The van der Waals surface area contributed by atoms with Crippen LogP contribution in [-0.4, -0.2) is 49.3 Å². The topological polar surface area (TPSA) is 134 Å². The summed E-state index contributed by atoms with van der Waals surface area (Å²) >= 11 is 0. The van der Waals surface area contributed by atoms with E-state index in [2.05, 4.69) is 62.5 Å². The van der Waals surface area contributed by atoms with Crippen LogP contribution in [0, 0.1) is 0 Å². The van der Waals surface area contributed by atoms with Gasteiger partial charge in [0.1, 0.15) is 6.61 Å². The highest BCUT2D eigenvalue weighted by atomic mass is 31.2. The fourth-order valence-corrected chi connectivity index (χ4v) is 10.9. The number of carbonyl (C=O) groups is 2. The second-order valence-corrected chi connectivity index (χ2v) is 24.5. The van der Waals surface area contributed by atoms with E-state index in [4.69, 9.17) is 24.3 Å². The predicted molar refractivity (Wildman–Crippen MR) is 340 cm³/mol. The molecule has 2 atom stereocenters. The Morgan fingerprint density at radius 2 is 0.658 bits per heavy atom. The van der Waals surface area contributed by atoms with Gasteiger partial charge in [0, 0.05) is 19.4 Å². The molecule has 0 bridgehead atoms. The second-order valence-electron chi connectivity index (χ2n) is 23.0. The minimum atomic E-state index is -4.39. The average Bonchev–Trinajstić information content (AvgIpc) is 3.44. The second kappa shape index (κ2) is 65.1.